The lowest BCUT2D eigenvalue weighted by Gasteiger charge is -2.37. The van der Waals surface area contributed by atoms with Crippen LogP contribution in [0, 0.1) is 11.8 Å². The van der Waals surface area contributed by atoms with Crippen LogP contribution in [0.5, 0.6) is 0 Å². The van der Waals surface area contributed by atoms with E-state index in [4.69, 9.17) is 4.74 Å². The molecule has 0 aromatic rings. The Labute approximate surface area is 108 Å². The third-order valence-corrected chi connectivity index (χ3v) is 6.11. The Hall–Kier alpha value is 1.16. The Balaban J connectivity index is 3.08. The second-order valence-corrected chi connectivity index (χ2v) is 6.49. The minimum Gasteiger partial charge on any atom is -0.364 e. The van der Waals surface area contributed by atoms with Crippen molar-refractivity contribution in [2.45, 2.75) is 33.3 Å². The van der Waals surface area contributed by atoms with E-state index in [-0.39, 0.29) is 5.60 Å². The molecule has 0 spiro atoms. The van der Waals surface area contributed by atoms with Crippen molar-refractivity contribution in [3.8, 4) is 0 Å². The van der Waals surface area contributed by atoms with E-state index in [9.17, 15) is 0 Å². The zero-order valence-corrected chi connectivity index (χ0v) is 12.8. The van der Waals surface area contributed by atoms with Crippen LogP contribution in [0.3, 0.4) is 0 Å². The topological polar surface area (TPSA) is 9.23 Å². The molecule has 0 aromatic carbocycles. The molecule has 3 heteroatoms. The average Bonchev–Trinajstić information content (AvgIpc) is 2.30. The summed E-state index contributed by atoms with van der Waals surface area (Å²) in [5, 5.41) is 0. The maximum absolute atomic E-state index is 6.00. The molecule has 0 saturated heterocycles. The zero-order valence-electron chi connectivity index (χ0n) is 8.53. The normalized spacial score (nSPS) is 22.2. The predicted octanol–water partition coefficient (Wildman–Crippen LogP) is 4.15. The number of rotatable bonds is 2. The molecule has 1 heterocycles. The fourth-order valence-corrected chi connectivity index (χ4v) is 4.16. The van der Waals surface area contributed by atoms with Gasteiger partial charge in [0.05, 0.1) is 6.61 Å². The summed E-state index contributed by atoms with van der Waals surface area (Å²) in [7, 11) is 0. The molecule has 0 N–H and O–H groups in total. The maximum atomic E-state index is 6.00. The van der Waals surface area contributed by atoms with Gasteiger partial charge in [-0.25, -0.2) is 0 Å². The van der Waals surface area contributed by atoms with Crippen molar-refractivity contribution in [2.75, 3.05) is 6.61 Å². The molecule has 0 amide bonds. The Kier molecular flexibility index (Phi) is 4.09. The lowest BCUT2D eigenvalue weighted by Crippen LogP contribution is -2.41. The molecule has 1 aliphatic heterocycles. The predicted molar refractivity (Wildman–Crippen MR) is 73.4 cm³/mol. The van der Waals surface area contributed by atoms with Crippen molar-refractivity contribution in [3.05, 3.63) is 7.16 Å². The Morgan fingerprint density at radius 1 is 1.15 bits per heavy atom. The summed E-state index contributed by atoms with van der Waals surface area (Å²) in [5.74, 6) is 1.10. The molecule has 0 fully saturated rings. The van der Waals surface area contributed by atoms with Gasteiger partial charge in [-0.2, -0.15) is 0 Å². The quantitative estimate of drug-likeness (QED) is 0.627. The van der Waals surface area contributed by atoms with Crippen molar-refractivity contribution in [3.63, 3.8) is 0 Å². The summed E-state index contributed by atoms with van der Waals surface area (Å²) in [4.78, 5) is 0. The van der Waals surface area contributed by atoms with Gasteiger partial charge >= 0.3 is 0 Å². The second-order valence-electron chi connectivity index (χ2n) is 4.11. The van der Waals surface area contributed by atoms with Gasteiger partial charge in [0.2, 0.25) is 0 Å². The van der Waals surface area contributed by atoms with E-state index in [0.717, 1.165) is 6.61 Å². The van der Waals surface area contributed by atoms with Gasteiger partial charge < -0.3 is 4.74 Å². The molecular weight excluding hydrogens is 390 g/mol. The van der Waals surface area contributed by atoms with Crippen molar-refractivity contribution in [1.82, 2.24) is 0 Å². The number of hydrogen-bond acceptors (Lipinski definition) is 1. The highest BCUT2D eigenvalue weighted by atomic mass is 127. The van der Waals surface area contributed by atoms with Gasteiger partial charge in [-0.1, -0.05) is 27.7 Å². The highest BCUT2D eigenvalue weighted by Gasteiger charge is 2.45. The summed E-state index contributed by atoms with van der Waals surface area (Å²) in [5.41, 5.74) is -0.0168. The van der Waals surface area contributed by atoms with E-state index in [2.05, 4.69) is 72.9 Å². The van der Waals surface area contributed by atoms with Gasteiger partial charge in [0, 0.05) is 7.16 Å². The SMILES string of the molecule is CC(C)C1(C(C)C)OCC(I)=C1I. The summed E-state index contributed by atoms with van der Waals surface area (Å²) in [6, 6.07) is 0. The summed E-state index contributed by atoms with van der Waals surface area (Å²) in [6.07, 6.45) is 0. The molecule has 76 valence electrons. The van der Waals surface area contributed by atoms with Gasteiger partial charge in [0.15, 0.2) is 0 Å². The highest BCUT2D eigenvalue weighted by Crippen LogP contribution is 2.48. The van der Waals surface area contributed by atoms with Crippen LogP contribution in [-0.4, -0.2) is 12.2 Å². The summed E-state index contributed by atoms with van der Waals surface area (Å²) >= 11 is 4.85. The van der Waals surface area contributed by atoms with Crippen molar-refractivity contribution in [2.24, 2.45) is 11.8 Å². The van der Waals surface area contributed by atoms with Crippen molar-refractivity contribution >= 4 is 45.2 Å². The molecule has 0 bridgehead atoms. The summed E-state index contributed by atoms with van der Waals surface area (Å²) < 4.78 is 8.79. The van der Waals surface area contributed by atoms with Crippen LogP contribution in [0.2, 0.25) is 0 Å². The molecule has 0 aliphatic carbocycles. The van der Waals surface area contributed by atoms with Gasteiger partial charge in [-0.15, -0.1) is 0 Å². The molecule has 0 unspecified atom stereocenters. The number of hydrogen-bond donors (Lipinski definition) is 0. The van der Waals surface area contributed by atoms with E-state index in [0.29, 0.717) is 11.8 Å². The third-order valence-electron chi connectivity index (χ3n) is 2.73. The van der Waals surface area contributed by atoms with Gasteiger partial charge in [-0.05, 0) is 57.0 Å². The Morgan fingerprint density at radius 3 is 1.77 bits per heavy atom. The molecule has 0 atom stereocenters. The smallest absolute Gasteiger partial charge is 0.105 e. The Morgan fingerprint density at radius 2 is 1.62 bits per heavy atom. The molecular formula is C10H16I2O. The highest BCUT2D eigenvalue weighted by molar-refractivity contribution is 14.1. The molecule has 1 rings (SSSR count). The third kappa shape index (κ3) is 1.93. The van der Waals surface area contributed by atoms with Crippen LogP contribution in [-0.2, 0) is 4.74 Å². The molecule has 0 saturated carbocycles. The van der Waals surface area contributed by atoms with Crippen LogP contribution < -0.4 is 0 Å². The monoisotopic (exact) mass is 406 g/mol. The van der Waals surface area contributed by atoms with Crippen molar-refractivity contribution in [1.29, 1.82) is 0 Å². The molecule has 1 nitrogen and oxygen atoms in total. The minimum absolute atomic E-state index is 0.0168. The molecule has 0 radical (unpaired) electrons. The first-order valence-corrected chi connectivity index (χ1v) is 6.77. The van der Waals surface area contributed by atoms with Crippen LogP contribution >= 0.6 is 45.2 Å². The first-order chi connectivity index (χ1) is 5.93. The van der Waals surface area contributed by atoms with Crippen molar-refractivity contribution < 1.29 is 4.74 Å². The van der Waals surface area contributed by atoms with E-state index in [1.807, 2.05) is 0 Å². The fourth-order valence-electron chi connectivity index (χ4n) is 2.03. The van der Waals surface area contributed by atoms with Gasteiger partial charge in [0.1, 0.15) is 5.60 Å². The van der Waals surface area contributed by atoms with E-state index < -0.39 is 0 Å². The van der Waals surface area contributed by atoms with Gasteiger partial charge in [-0.3, -0.25) is 0 Å². The maximum Gasteiger partial charge on any atom is 0.105 e. The first kappa shape index (κ1) is 12.2. The minimum atomic E-state index is -0.0168. The van der Waals surface area contributed by atoms with Crippen LogP contribution in [0.25, 0.3) is 0 Å². The molecule has 0 aromatic heterocycles. The largest absolute Gasteiger partial charge is 0.364 e. The van der Waals surface area contributed by atoms with Gasteiger partial charge in [0.25, 0.3) is 0 Å². The lowest BCUT2D eigenvalue weighted by molar-refractivity contribution is -0.0465. The fraction of sp³-hybridized carbons (Fsp3) is 0.800. The van der Waals surface area contributed by atoms with E-state index in [1.54, 1.807) is 0 Å². The zero-order chi connectivity index (χ0) is 10.2. The second kappa shape index (κ2) is 4.35. The summed E-state index contributed by atoms with van der Waals surface area (Å²) in [6.45, 7) is 9.78. The number of halogens is 2. The number of ether oxygens (including phenoxy) is 1. The van der Waals surface area contributed by atoms with Crippen LogP contribution in [0.15, 0.2) is 7.16 Å². The van der Waals surface area contributed by atoms with E-state index >= 15 is 0 Å². The standard InChI is InChI=1S/C10H16I2O/c1-6(2)10(7(3)4)9(12)8(11)5-13-10/h6-7H,5H2,1-4H3. The van der Waals surface area contributed by atoms with E-state index in [1.165, 1.54) is 7.16 Å². The molecule has 1 aliphatic rings. The molecule has 13 heavy (non-hydrogen) atoms. The lowest BCUT2D eigenvalue weighted by atomic mass is 9.81. The van der Waals surface area contributed by atoms with Crippen LogP contribution in [0.4, 0.5) is 0 Å². The average molecular weight is 406 g/mol. The van der Waals surface area contributed by atoms with Crippen LogP contribution in [0.1, 0.15) is 27.7 Å². The Bertz CT molecular complexity index is 223. The first-order valence-electron chi connectivity index (χ1n) is 4.61.